The Morgan fingerprint density at radius 3 is 1.47 bits per heavy atom. The van der Waals surface area contributed by atoms with Crippen molar-refractivity contribution in [2.45, 2.75) is 0 Å². The lowest BCUT2D eigenvalue weighted by Gasteiger charge is -2.26. The third-order valence-corrected chi connectivity index (χ3v) is 14.9. The SMILES string of the molecule is c1ccc(-c2c(-c3ccccc3)c3cc(-c4ccc(N(c5ccc(-c6cccc7c6c6ccccc6n7-c6ccccc6)cc5)c5cccc(-c6ccc7ccccc7c6)c5)cc4)ccc3c3ccccc23)cc1. The molecule has 0 aliphatic rings. The average Bonchev–Trinajstić information content (AvgIpc) is 3.86. The molecule has 0 aliphatic carbocycles. The minimum absolute atomic E-state index is 1.08. The lowest BCUT2D eigenvalue weighted by Crippen LogP contribution is -2.10. The fourth-order valence-electron chi connectivity index (χ4n) is 11.5. The summed E-state index contributed by atoms with van der Waals surface area (Å²) in [6.07, 6.45) is 0. The molecule has 1 aromatic heterocycles. The third-order valence-electron chi connectivity index (χ3n) is 14.9. The molecule has 0 fully saturated rings. The molecule has 1 heterocycles. The number of benzene rings is 13. The molecular formula is C72H48N2. The number of nitrogens with zero attached hydrogens (tertiary/aromatic N) is 2. The standard InChI is InChI=1S/C72H48N2/c1-4-19-52(20-5-1)70-65-29-13-12-28-63(65)64-45-40-57(48-67(64)71(70)53-21-6-2-7-22-53)50-36-41-59(42-37-50)73(61-27-16-24-55(47-61)56-35-34-49-18-10-11-23-54(49)46-56)60-43-38-51(39-44-60)62-31-17-33-69-72(62)66-30-14-15-32-68(66)74(69)58-25-8-3-9-26-58/h1-48H. The van der Waals surface area contributed by atoms with Crippen LogP contribution >= 0.6 is 0 Å². The summed E-state index contributed by atoms with van der Waals surface area (Å²) in [4.78, 5) is 2.39. The van der Waals surface area contributed by atoms with Gasteiger partial charge in [-0.15, -0.1) is 0 Å². The molecular weight excluding hydrogens is 893 g/mol. The monoisotopic (exact) mass is 940 g/mol. The van der Waals surface area contributed by atoms with Crippen LogP contribution in [0.4, 0.5) is 17.1 Å². The molecule has 0 saturated heterocycles. The third kappa shape index (κ3) is 7.43. The molecule has 14 rings (SSSR count). The van der Waals surface area contributed by atoms with Crippen molar-refractivity contribution in [1.29, 1.82) is 0 Å². The van der Waals surface area contributed by atoms with E-state index in [-0.39, 0.29) is 0 Å². The summed E-state index contributed by atoms with van der Waals surface area (Å²) in [6, 6.07) is 106. The predicted octanol–water partition coefficient (Wildman–Crippen LogP) is 20.0. The minimum Gasteiger partial charge on any atom is -0.310 e. The first-order valence-electron chi connectivity index (χ1n) is 25.5. The van der Waals surface area contributed by atoms with Crippen LogP contribution in [0.15, 0.2) is 291 Å². The molecule has 74 heavy (non-hydrogen) atoms. The zero-order valence-electron chi connectivity index (χ0n) is 40.6. The van der Waals surface area contributed by atoms with Crippen molar-refractivity contribution >= 4 is 71.2 Å². The lowest BCUT2D eigenvalue weighted by molar-refractivity contribution is 1.18. The van der Waals surface area contributed by atoms with E-state index in [4.69, 9.17) is 0 Å². The van der Waals surface area contributed by atoms with Crippen molar-refractivity contribution in [2.75, 3.05) is 4.90 Å². The summed E-state index contributed by atoms with van der Waals surface area (Å²) in [5.41, 5.74) is 18.8. The van der Waals surface area contributed by atoms with Gasteiger partial charge in [-0.3, -0.25) is 0 Å². The Hall–Kier alpha value is -9.76. The predicted molar refractivity (Wildman–Crippen MR) is 315 cm³/mol. The Bertz CT molecular complexity index is 4380. The molecule has 13 aromatic carbocycles. The van der Waals surface area contributed by atoms with Gasteiger partial charge in [0.05, 0.1) is 11.0 Å². The number of rotatable bonds is 9. The van der Waals surface area contributed by atoms with Crippen molar-refractivity contribution < 1.29 is 0 Å². The van der Waals surface area contributed by atoms with Crippen LogP contribution in [0.2, 0.25) is 0 Å². The van der Waals surface area contributed by atoms with Crippen molar-refractivity contribution in [1.82, 2.24) is 4.57 Å². The maximum absolute atomic E-state index is 2.41. The number of hydrogen-bond donors (Lipinski definition) is 0. The fourth-order valence-corrected chi connectivity index (χ4v) is 11.5. The van der Waals surface area contributed by atoms with Crippen molar-refractivity contribution in [3.05, 3.63) is 291 Å². The molecule has 0 aliphatic heterocycles. The molecule has 0 spiro atoms. The highest BCUT2D eigenvalue weighted by molar-refractivity contribution is 6.22. The molecule has 0 atom stereocenters. The number of hydrogen-bond acceptors (Lipinski definition) is 1. The van der Waals surface area contributed by atoms with E-state index in [0.717, 1.165) is 28.3 Å². The van der Waals surface area contributed by atoms with Crippen LogP contribution in [0.5, 0.6) is 0 Å². The fraction of sp³-hybridized carbons (Fsp3) is 0. The summed E-state index contributed by atoms with van der Waals surface area (Å²) in [5.74, 6) is 0. The van der Waals surface area contributed by atoms with Crippen LogP contribution in [0.3, 0.4) is 0 Å². The molecule has 0 amide bonds. The first kappa shape index (κ1) is 43.1. The lowest BCUT2D eigenvalue weighted by atomic mass is 9.84. The Labute approximate surface area is 430 Å². The average molecular weight is 941 g/mol. The van der Waals surface area contributed by atoms with Crippen LogP contribution in [0, 0.1) is 0 Å². The topological polar surface area (TPSA) is 8.17 Å². The second-order valence-corrected chi connectivity index (χ2v) is 19.2. The highest BCUT2D eigenvalue weighted by Gasteiger charge is 2.21. The normalized spacial score (nSPS) is 11.5. The molecule has 0 radical (unpaired) electrons. The van der Waals surface area contributed by atoms with Crippen LogP contribution in [0.1, 0.15) is 0 Å². The van der Waals surface area contributed by atoms with E-state index in [1.54, 1.807) is 0 Å². The van der Waals surface area contributed by atoms with Gasteiger partial charge < -0.3 is 9.47 Å². The summed E-state index contributed by atoms with van der Waals surface area (Å²) < 4.78 is 2.39. The van der Waals surface area contributed by atoms with Crippen molar-refractivity contribution in [3.63, 3.8) is 0 Å². The van der Waals surface area contributed by atoms with E-state index < -0.39 is 0 Å². The molecule has 346 valence electrons. The Kier molecular flexibility index (Phi) is 10.6. The van der Waals surface area contributed by atoms with Gasteiger partial charge in [-0.2, -0.15) is 0 Å². The van der Waals surface area contributed by atoms with Gasteiger partial charge in [-0.1, -0.05) is 218 Å². The van der Waals surface area contributed by atoms with E-state index in [2.05, 4.69) is 301 Å². The number of aromatic nitrogens is 1. The Morgan fingerprint density at radius 2 is 0.743 bits per heavy atom. The molecule has 0 bridgehead atoms. The molecule has 2 nitrogen and oxygen atoms in total. The molecule has 0 unspecified atom stereocenters. The second kappa shape index (κ2) is 18.1. The summed E-state index contributed by atoms with van der Waals surface area (Å²) in [5, 5.41) is 9.96. The highest BCUT2D eigenvalue weighted by atomic mass is 15.1. The summed E-state index contributed by atoms with van der Waals surface area (Å²) in [6.45, 7) is 0. The summed E-state index contributed by atoms with van der Waals surface area (Å²) >= 11 is 0. The smallest absolute Gasteiger partial charge is 0.0547 e. The van der Waals surface area contributed by atoms with Gasteiger partial charge in [0.2, 0.25) is 0 Å². The zero-order chi connectivity index (χ0) is 49.0. The van der Waals surface area contributed by atoms with E-state index in [0.29, 0.717) is 0 Å². The largest absolute Gasteiger partial charge is 0.310 e. The van der Waals surface area contributed by atoms with E-state index in [9.17, 15) is 0 Å². The maximum atomic E-state index is 2.41. The quantitative estimate of drug-likeness (QED) is 0.131. The minimum atomic E-state index is 1.08. The van der Waals surface area contributed by atoms with Gasteiger partial charge >= 0.3 is 0 Å². The van der Waals surface area contributed by atoms with Gasteiger partial charge in [-0.25, -0.2) is 0 Å². The summed E-state index contributed by atoms with van der Waals surface area (Å²) in [7, 11) is 0. The van der Waals surface area contributed by atoms with Gasteiger partial charge in [0.15, 0.2) is 0 Å². The van der Waals surface area contributed by atoms with Crippen molar-refractivity contribution in [2.24, 2.45) is 0 Å². The number of anilines is 3. The van der Waals surface area contributed by atoms with Gasteiger partial charge in [0.1, 0.15) is 0 Å². The van der Waals surface area contributed by atoms with E-state index in [1.807, 2.05) is 0 Å². The van der Waals surface area contributed by atoms with Gasteiger partial charge in [0, 0.05) is 33.5 Å². The second-order valence-electron chi connectivity index (χ2n) is 19.2. The van der Waals surface area contributed by atoms with Gasteiger partial charge in [-0.05, 0) is 161 Å². The number of para-hydroxylation sites is 2. The maximum Gasteiger partial charge on any atom is 0.0547 e. The molecule has 0 saturated carbocycles. The van der Waals surface area contributed by atoms with Crippen LogP contribution in [-0.2, 0) is 0 Å². The Balaban J connectivity index is 0.900. The number of fused-ring (bicyclic) bond motifs is 7. The molecule has 0 N–H and O–H groups in total. The van der Waals surface area contributed by atoms with Crippen LogP contribution in [0.25, 0.3) is 115 Å². The zero-order valence-corrected chi connectivity index (χ0v) is 40.6. The highest BCUT2D eigenvalue weighted by Crippen LogP contribution is 2.47. The van der Waals surface area contributed by atoms with Crippen LogP contribution < -0.4 is 4.90 Å². The van der Waals surface area contributed by atoms with E-state index >= 15 is 0 Å². The first-order chi connectivity index (χ1) is 36.7. The van der Waals surface area contributed by atoms with Crippen LogP contribution in [-0.4, -0.2) is 4.57 Å². The Morgan fingerprint density at radius 1 is 0.243 bits per heavy atom. The molecule has 2 heteroatoms. The van der Waals surface area contributed by atoms with Crippen molar-refractivity contribution in [3.8, 4) is 61.3 Å². The first-order valence-corrected chi connectivity index (χ1v) is 25.5. The van der Waals surface area contributed by atoms with E-state index in [1.165, 1.54) is 104 Å². The molecule has 14 aromatic rings. The van der Waals surface area contributed by atoms with Gasteiger partial charge in [0.25, 0.3) is 0 Å².